The second kappa shape index (κ2) is 7.75. The van der Waals surface area contributed by atoms with Crippen LogP contribution in [0.2, 0.25) is 0 Å². The van der Waals surface area contributed by atoms with Gasteiger partial charge in [0.1, 0.15) is 17.2 Å². The lowest BCUT2D eigenvalue weighted by molar-refractivity contribution is -0.116. The number of fused-ring (bicyclic) bond motifs is 1. The van der Waals surface area contributed by atoms with Crippen molar-refractivity contribution in [2.24, 2.45) is 0 Å². The number of aromatic nitrogens is 1. The summed E-state index contributed by atoms with van der Waals surface area (Å²) in [6, 6.07) is 12.7. The zero-order valence-corrected chi connectivity index (χ0v) is 18.1. The molecule has 2 atom stereocenters. The predicted molar refractivity (Wildman–Crippen MR) is 118 cm³/mol. The molecule has 0 spiro atoms. The molecule has 2 heterocycles. The number of aromatic hydroxyl groups is 1. The van der Waals surface area contributed by atoms with Crippen molar-refractivity contribution in [3.05, 3.63) is 76.1 Å². The average Bonchev–Trinajstić information content (AvgIpc) is 3.18. The maximum absolute atomic E-state index is 13.6. The van der Waals surface area contributed by atoms with Crippen LogP contribution in [0.25, 0.3) is 0 Å². The third kappa shape index (κ3) is 3.21. The number of phenols is 1. The van der Waals surface area contributed by atoms with Crippen molar-refractivity contribution in [2.75, 3.05) is 19.5 Å². The van der Waals surface area contributed by atoms with Gasteiger partial charge in [-0.25, -0.2) is 0 Å². The number of anilines is 1. The van der Waals surface area contributed by atoms with Gasteiger partial charge in [0.15, 0.2) is 5.78 Å². The number of benzene rings is 2. The van der Waals surface area contributed by atoms with Crippen molar-refractivity contribution >= 4 is 11.7 Å². The smallest absolute Gasteiger partial charge is 0.233 e. The second-order valence-electron chi connectivity index (χ2n) is 8.19. The lowest BCUT2D eigenvalue weighted by atomic mass is 9.72. The van der Waals surface area contributed by atoms with Crippen molar-refractivity contribution in [1.29, 1.82) is 0 Å². The first-order chi connectivity index (χ1) is 15.5. The van der Waals surface area contributed by atoms with Crippen molar-refractivity contribution in [3.8, 4) is 17.2 Å². The molecule has 0 fully saturated rings. The molecule has 0 radical (unpaired) electrons. The number of aryl methyl sites for hydroxylation is 1. The number of ether oxygens (including phenoxy) is 2. The van der Waals surface area contributed by atoms with Gasteiger partial charge in [0.2, 0.25) is 5.88 Å². The van der Waals surface area contributed by atoms with E-state index in [1.165, 1.54) is 0 Å². The van der Waals surface area contributed by atoms with Crippen LogP contribution in [0, 0.1) is 6.92 Å². The van der Waals surface area contributed by atoms with E-state index in [-0.39, 0.29) is 23.4 Å². The summed E-state index contributed by atoms with van der Waals surface area (Å²) in [7, 11) is 3.22. The van der Waals surface area contributed by atoms with Crippen LogP contribution in [0.1, 0.15) is 47.1 Å². The normalized spacial score (nSPS) is 19.8. The molecular weight excluding hydrogens is 408 g/mol. The number of carbonyl (C=O) groups excluding carboxylic acids is 1. The van der Waals surface area contributed by atoms with Gasteiger partial charge in [-0.05, 0) is 43.0 Å². The minimum absolute atomic E-state index is 0.0123. The number of Topliss-reactive ketones (excluding diaryl/α,β-unsaturated/α-hetero) is 1. The molecule has 0 unspecified atom stereocenters. The first-order valence-corrected chi connectivity index (χ1v) is 10.5. The number of rotatable bonds is 4. The molecule has 1 aliphatic carbocycles. The van der Waals surface area contributed by atoms with E-state index in [9.17, 15) is 9.90 Å². The lowest BCUT2D eigenvalue weighted by Crippen LogP contribution is -2.29. The molecule has 2 aliphatic rings. The van der Waals surface area contributed by atoms with E-state index in [0.29, 0.717) is 30.2 Å². The number of allylic oxidation sites excluding steroid dienone is 2. The molecule has 7 heteroatoms. The van der Waals surface area contributed by atoms with Crippen LogP contribution in [0.15, 0.2) is 58.3 Å². The fraction of sp³-hybridized carbons (Fsp3) is 0.280. The fourth-order valence-corrected chi connectivity index (χ4v) is 4.82. The molecule has 1 aromatic heterocycles. The fourth-order valence-electron chi connectivity index (χ4n) is 4.82. The van der Waals surface area contributed by atoms with Crippen LogP contribution in [-0.4, -0.2) is 30.3 Å². The third-order valence-corrected chi connectivity index (χ3v) is 6.37. The largest absolute Gasteiger partial charge is 0.508 e. The number of ketones is 1. The van der Waals surface area contributed by atoms with Crippen LogP contribution < -0.4 is 14.8 Å². The lowest BCUT2D eigenvalue weighted by Gasteiger charge is -2.35. The van der Waals surface area contributed by atoms with Gasteiger partial charge in [0.05, 0.1) is 31.4 Å². The third-order valence-electron chi connectivity index (χ3n) is 6.37. The monoisotopic (exact) mass is 432 g/mol. The molecular formula is C25H24N2O5. The van der Waals surface area contributed by atoms with Gasteiger partial charge in [-0.1, -0.05) is 23.4 Å². The molecule has 0 saturated carbocycles. The quantitative estimate of drug-likeness (QED) is 0.619. The van der Waals surface area contributed by atoms with Gasteiger partial charge in [-0.3, -0.25) is 4.79 Å². The van der Waals surface area contributed by atoms with E-state index in [1.54, 1.807) is 26.4 Å². The highest BCUT2D eigenvalue weighted by Crippen LogP contribution is 2.51. The van der Waals surface area contributed by atoms with E-state index in [2.05, 4.69) is 10.5 Å². The Bertz CT molecular complexity index is 1230. The topological polar surface area (TPSA) is 93.8 Å². The van der Waals surface area contributed by atoms with Gasteiger partial charge in [0, 0.05) is 29.3 Å². The highest BCUT2D eigenvalue weighted by atomic mass is 16.5. The zero-order chi connectivity index (χ0) is 22.4. The number of hydrogen-bond donors (Lipinski definition) is 2. The van der Waals surface area contributed by atoms with Crippen LogP contribution in [0.4, 0.5) is 5.88 Å². The number of nitrogens with zero attached hydrogens (tertiary/aromatic N) is 1. The zero-order valence-electron chi connectivity index (χ0n) is 18.1. The van der Waals surface area contributed by atoms with E-state index < -0.39 is 0 Å². The second-order valence-corrected chi connectivity index (χ2v) is 8.19. The Balaban J connectivity index is 1.64. The number of nitrogens with one attached hydrogen (secondary N) is 1. The van der Waals surface area contributed by atoms with Crippen molar-refractivity contribution in [1.82, 2.24) is 5.16 Å². The maximum atomic E-state index is 13.6. The Kier molecular flexibility index (Phi) is 4.89. The Morgan fingerprint density at radius 2 is 1.88 bits per heavy atom. The number of carbonyl (C=O) groups is 1. The molecule has 0 amide bonds. The van der Waals surface area contributed by atoms with Crippen LogP contribution in [-0.2, 0) is 4.79 Å². The van der Waals surface area contributed by atoms with E-state index in [0.717, 1.165) is 33.7 Å². The Morgan fingerprint density at radius 1 is 1.09 bits per heavy atom. The summed E-state index contributed by atoms with van der Waals surface area (Å²) in [4.78, 5) is 13.6. The van der Waals surface area contributed by atoms with Gasteiger partial charge in [-0.15, -0.1) is 0 Å². The van der Waals surface area contributed by atoms with Gasteiger partial charge < -0.3 is 24.4 Å². The molecule has 2 aromatic carbocycles. The molecule has 0 bridgehead atoms. The predicted octanol–water partition coefficient (Wildman–Crippen LogP) is 4.66. The molecule has 3 aromatic rings. The molecule has 5 rings (SSSR count). The molecule has 0 saturated heterocycles. The van der Waals surface area contributed by atoms with Crippen molar-refractivity contribution in [2.45, 2.75) is 31.6 Å². The van der Waals surface area contributed by atoms with Gasteiger partial charge >= 0.3 is 0 Å². The molecule has 32 heavy (non-hydrogen) atoms. The van der Waals surface area contributed by atoms with E-state index in [1.807, 2.05) is 37.3 Å². The average molecular weight is 432 g/mol. The Hall–Kier alpha value is -3.74. The number of hydrogen-bond acceptors (Lipinski definition) is 7. The minimum atomic E-state index is -0.346. The van der Waals surface area contributed by atoms with Crippen LogP contribution in [0.5, 0.6) is 17.2 Å². The Morgan fingerprint density at radius 3 is 2.59 bits per heavy atom. The first-order valence-electron chi connectivity index (χ1n) is 10.5. The van der Waals surface area contributed by atoms with Crippen molar-refractivity contribution in [3.63, 3.8) is 0 Å². The number of methoxy groups -OCH3 is 2. The highest BCUT2D eigenvalue weighted by Gasteiger charge is 2.42. The summed E-state index contributed by atoms with van der Waals surface area (Å²) in [5, 5.41) is 17.1. The molecule has 164 valence electrons. The summed E-state index contributed by atoms with van der Waals surface area (Å²) in [6.45, 7) is 1.88. The van der Waals surface area contributed by atoms with Crippen molar-refractivity contribution < 1.29 is 23.9 Å². The van der Waals surface area contributed by atoms with Gasteiger partial charge in [-0.2, -0.15) is 0 Å². The molecule has 2 N–H and O–H groups in total. The summed E-state index contributed by atoms with van der Waals surface area (Å²) < 4.78 is 16.6. The van der Waals surface area contributed by atoms with E-state index >= 15 is 0 Å². The van der Waals surface area contributed by atoms with Crippen LogP contribution in [0.3, 0.4) is 0 Å². The summed E-state index contributed by atoms with van der Waals surface area (Å²) in [5.41, 5.74) is 5.03. The maximum Gasteiger partial charge on any atom is 0.233 e. The SMILES string of the molecule is COc1ccc([C@H]2C3=C(C[C@@H](c4ccc(O)cc4)CC3=O)Nc3onc(C)c32)c(OC)c1. The highest BCUT2D eigenvalue weighted by molar-refractivity contribution is 6.01. The first kappa shape index (κ1) is 20.2. The van der Waals surface area contributed by atoms with Crippen LogP contribution >= 0.6 is 0 Å². The van der Waals surface area contributed by atoms with Gasteiger partial charge in [0.25, 0.3) is 0 Å². The number of phenolic OH excluding ortho intramolecular Hbond substituents is 1. The molecule has 7 nitrogen and oxygen atoms in total. The Labute approximate surface area is 185 Å². The molecule has 1 aliphatic heterocycles. The summed E-state index contributed by atoms with van der Waals surface area (Å²) in [5.74, 6) is 1.83. The summed E-state index contributed by atoms with van der Waals surface area (Å²) in [6.07, 6.45) is 1.04. The van der Waals surface area contributed by atoms with E-state index in [4.69, 9.17) is 14.0 Å². The standard InChI is InChI=1S/C25H24N2O5/c1-13-22-23(18-9-8-17(30-2)12-21(18)31-3)24-19(26-25(22)32-27-13)10-15(11-20(24)29)14-4-6-16(28)7-5-14/h4-9,12,15,23,26,28H,10-11H2,1-3H3/t15-,23-/m1/s1. The minimum Gasteiger partial charge on any atom is -0.508 e. The summed E-state index contributed by atoms with van der Waals surface area (Å²) >= 11 is 0.